The van der Waals surface area contributed by atoms with Gasteiger partial charge in [0.25, 0.3) is 5.91 Å². The maximum atomic E-state index is 12.6. The van der Waals surface area contributed by atoms with E-state index in [4.69, 9.17) is 4.74 Å². The highest BCUT2D eigenvalue weighted by Crippen LogP contribution is 2.21. The van der Waals surface area contributed by atoms with E-state index in [0.29, 0.717) is 35.3 Å². The van der Waals surface area contributed by atoms with Gasteiger partial charge in [-0.2, -0.15) is 0 Å². The van der Waals surface area contributed by atoms with Crippen LogP contribution in [0.4, 0.5) is 28.8 Å². The fourth-order valence-corrected chi connectivity index (χ4v) is 3.09. The van der Waals surface area contributed by atoms with E-state index in [1.54, 1.807) is 24.4 Å². The molecule has 8 nitrogen and oxygen atoms in total. The van der Waals surface area contributed by atoms with Crippen LogP contribution in [0.1, 0.15) is 30.1 Å². The molecule has 1 amide bonds. The standard InChI is InChI=1S/C26H26N6O2/c1-2-3-16-34-22-13-7-19(8-14-22)26(33)31-21-11-9-20(10-12-21)30-24-17-25(29-18-28-24)32-23-6-4-5-15-27-23/h4-15,17-18H,2-3,16H2,1H3,(H,31,33)(H2,27,28,29,30,32). The van der Waals surface area contributed by atoms with Crippen molar-refractivity contribution in [3.63, 3.8) is 0 Å². The summed E-state index contributed by atoms with van der Waals surface area (Å²) >= 11 is 0. The van der Waals surface area contributed by atoms with Crippen LogP contribution >= 0.6 is 0 Å². The molecule has 172 valence electrons. The smallest absolute Gasteiger partial charge is 0.255 e. The number of nitrogens with zero attached hydrogens (tertiary/aromatic N) is 3. The Morgan fingerprint density at radius 2 is 1.56 bits per heavy atom. The molecule has 0 radical (unpaired) electrons. The van der Waals surface area contributed by atoms with Gasteiger partial charge >= 0.3 is 0 Å². The molecule has 0 aliphatic rings. The highest BCUT2D eigenvalue weighted by molar-refractivity contribution is 6.04. The largest absolute Gasteiger partial charge is 0.494 e. The summed E-state index contributed by atoms with van der Waals surface area (Å²) in [5.41, 5.74) is 2.09. The van der Waals surface area contributed by atoms with Crippen LogP contribution in [0.2, 0.25) is 0 Å². The van der Waals surface area contributed by atoms with Crippen molar-refractivity contribution in [1.82, 2.24) is 15.0 Å². The van der Waals surface area contributed by atoms with Crippen molar-refractivity contribution in [2.24, 2.45) is 0 Å². The fourth-order valence-electron chi connectivity index (χ4n) is 3.09. The van der Waals surface area contributed by atoms with Crippen LogP contribution in [-0.4, -0.2) is 27.5 Å². The zero-order valence-corrected chi connectivity index (χ0v) is 18.9. The molecule has 0 atom stereocenters. The molecule has 34 heavy (non-hydrogen) atoms. The zero-order valence-electron chi connectivity index (χ0n) is 18.9. The molecule has 8 heteroatoms. The molecule has 0 aliphatic heterocycles. The van der Waals surface area contributed by atoms with Crippen molar-refractivity contribution >= 4 is 34.7 Å². The second kappa shape index (κ2) is 11.4. The van der Waals surface area contributed by atoms with Crippen molar-refractivity contribution < 1.29 is 9.53 Å². The van der Waals surface area contributed by atoms with Crippen LogP contribution in [0.15, 0.2) is 85.3 Å². The van der Waals surface area contributed by atoms with Crippen LogP contribution < -0.4 is 20.7 Å². The topological polar surface area (TPSA) is 101 Å². The number of unbranched alkanes of at least 4 members (excludes halogenated alkanes) is 1. The van der Waals surface area contributed by atoms with Crippen molar-refractivity contribution in [2.75, 3.05) is 22.6 Å². The first kappa shape index (κ1) is 22.7. The summed E-state index contributed by atoms with van der Waals surface area (Å²) in [6.07, 6.45) is 5.27. The first-order valence-electron chi connectivity index (χ1n) is 11.1. The summed E-state index contributed by atoms with van der Waals surface area (Å²) in [5.74, 6) is 2.55. The Labute approximate surface area is 198 Å². The van der Waals surface area contributed by atoms with E-state index in [1.807, 2.05) is 54.6 Å². The number of rotatable bonds is 10. The summed E-state index contributed by atoms with van der Waals surface area (Å²) in [7, 11) is 0. The molecular formula is C26H26N6O2. The first-order valence-corrected chi connectivity index (χ1v) is 11.1. The highest BCUT2D eigenvalue weighted by Gasteiger charge is 2.07. The monoisotopic (exact) mass is 454 g/mol. The molecule has 0 saturated carbocycles. The van der Waals surface area contributed by atoms with Gasteiger partial charge in [0, 0.05) is 29.2 Å². The number of ether oxygens (including phenoxy) is 1. The van der Waals surface area contributed by atoms with Gasteiger partial charge in [0.1, 0.15) is 29.5 Å². The summed E-state index contributed by atoms with van der Waals surface area (Å²) < 4.78 is 5.64. The molecule has 0 fully saturated rings. The minimum Gasteiger partial charge on any atom is -0.494 e. The Hall–Kier alpha value is -4.46. The minimum absolute atomic E-state index is 0.179. The number of carbonyl (C=O) groups excluding carboxylic acids is 1. The van der Waals surface area contributed by atoms with Crippen LogP contribution in [0.5, 0.6) is 5.75 Å². The van der Waals surface area contributed by atoms with E-state index in [1.165, 1.54) is 6.33 Å². The Kier molecular flexibility index (Phi) is 7.63. The van der Waals surface area contributed by atoms with Crippen molar-refractivity contribution in [3.05, 3.63) is 90.9 Å². The minimum atomic E-state index is -0.179. The quantitative estimate of drug-likeness (QED) is 0.261. The lowest BCUT2D eigenvalue weighted by molar-refractivity contribution is 0.102. The molecule has 2 aromatic carbocycles. The number of hydrogen-bond donors (Lipinski definition) is 3. The third-order valence-corrected chi connectivity index (χ3v) is 4.89. The number of pyridine rings is 1. The normalized spacial score (nSPS) is 10.4. The molecule has 4 aromatic rings. The Balaban J connectivity index is 1.32. The molecule has 2 heterocycles. The number of amides is 1. The summed E-state index contributed by atoms with van der Waals surface area (Å²) in [4.78, 5) is 25.3. The molecule has 3 N–H and O–H groups in total. The van der Waals surface area contributed by atoms with E-state index in [9.17, 15) is 4.79 Å². The van der Waals surface area contributed by atoms with Crippen molar-refractivity contribution in [3.8, 4) is 5.75 Å². The molecule has 0 unspecified atom stereocenters. The molecule has 2 aromatic heterocycles. The molecule has 0 saturated heterocycles. The van der Waals surface area contributed by atoms with Crippen molar-refractivity contribution in [1.29, 1.82) is 0 Å². The van der Waals surface area contributed by atoms with Crippen LogP contribution in [-0.2, 0) is 0 Å². The number of aromatic nitrogens is 3. The van der Waals surface area contributed by atoms with Crippen LogP contribution in [0.3, 0.4) is 0 Å². The van der Waals surface area contributed by atoms with Crippen LogP contribution in [0, 0.1) is 0 Å². The number of benzene rings is 2. The highest BCUT2D eigenvalue weighted by atomic mass is 16.5. The van der Waals surface area contributed by atoms with Gasteiger partial charge in [0.05, 0.1) is 6.61 Å². The van der Waals surface area contributed by atoms with Gasteiger partial charge in [-0.05, 0) is 67.1 Å². The molecule has 0 spiro atoms. The maximum absolute atomic E-state index is 12.6. The Morgan fingerprint density at radius 3 is 2.26 bits per heavy atom. The third-order valence-electron chi connectivity index (χ3n) is 4.89. The predicted octanol–water partition coefficient (Wildman–Crippen LogP) is 5.79. The van der Waals surface area contributed by atoms with E-state index in [2.05, 4.69) is 37.8 Å². The first-order chi connectivity index (χ1) is 16.7. The van der Waals surface area contributed by atoms with E-state index in [-0.39, 0.29) is 5.91 Å². The zero-order chi connectivity index (χ0) is 23.6. The number of anilines is 5. The van der Waals surface area contributed by atoms with Gasteiger partial charge in [-0.25, -0.2) is 15.0 Å². The fraction of sp³-hybridized carbons (Fsp3) is 0.154. The van der Waals surface area contributed by atoms with Gasteiger partial charge in [0.2, 0.25) is 0 Å². The van der Waals surface area contributed by atoms with E-state index in [0.717, 1.165) is 24.3 Å². The number of hydrogen-bond acceptors (Lipinski definition) is 7. The SMILES string of the molecule is CCCCOc1ccc(C(=O)Nc2ccc(Nc3cc(Nc4ccccn4)ncn3)cc2)cc1. The van der Waals surface area contributed by atoms with Crippen LogP contribution in [0.25, 0.3) is 0 Å². The van der Waals surface area contributed by atoms with Gasteiger partial charge in [-0.1, -0.05) is 19.4 Å². The second-order valence-electron chi connectivity index (χ2n) is 7.51. The lowest BCUT2D eigenvalue weighted by Gasteiger charge is -2.10. The molecular weight excluding hydrogens is 428 g/mol. The number of nitrogens with one attached hydrogen (secondary N) is 3. The van der Waals surface area contributed by atoms with Gasteiger partial charge in [-0.15, -0.1) is 0 Å². The van der Waals surface area contributed by atoms with Gasteiger partial charge in [-0.3, -0.25) is 4.79 Å². The number of carbonyl (C=O) groups is 1. The molecule has 0 aliphatic carbocycles. The molecule has 0 bridgehead atoms. The Bertz CT molecular complexity index is 1200. The van der Waals surface area contributed by atoms with E-state index >= 15 is 0 Å². The average molecular weight is 455 g/mol. The average Bonchev–Trinajstić information content (AvgIpc) is 2.87. The lowest BCUT2D eigenvalue weighted by atomic mass is 10.2. The molecule has 4 rings (SSSR count). The van der Waals surface area contributed by atoms with E-state index < -0.39 is 0 Å². The third kappa shape index (κ3) is 6.52. The van der Waals surface area contributed by atoms with Gasteiger partial charge < -0.3 is 20.7 Å². The lowest BCUT2D eigenvalue weighted by Crippen LogP contribution is -2.11. The van der Waals surface area contributed by atoms with Crippen molar-refractivity contribution in [2.45, 2.75) is 19.8 Å². The Morgan fingerprint density at radius 1 is 0.824 bits per heavy atom. The second-order valence-corrected chi connectivity index (χ2v) is 7.51. The van der Waals surface area contributed by atoms with Gasteiger partial charge in [0.15, 0.2) is 0 Å². The summed E-state index contributed by atoms with van der Waals surface area (Å²) in [6, 6.07) is 22.0. The summed E-state index contributed by atoms with van der Waals surface area (Å²) in [6.45, 7) is 2.80. The summed E-state index contributed by atoms with van der Waals surface area (Å²) in [5, 5.41) is 9.27. The predicted molar refractivity (Wildman–Crippen MR) is 134 cm³/mol. The maximum Gasteiger partial charge on any atom is 0.255 e.